The summed E-state index contributed by atoms with van der Waals surface area (Å²) in [7, 11) is 0. The van der Waals surface area contributed by atoms with E-state index < -0.39 is 11.7 Å². The van der Waals surface area contributed by atoms with Gasteiger partial charge in [-0.15, -0.1) is 11.6 Å². The fraction of sp³-hybridized carbons (Fsp3) is 0.364. The van der Waals surface area contributed by atoms with E-state index in [0.29, 0.717) is 12.4 Å². The largest absolute Gasteiger partial charge is 0.352 e. The second-order valence-electron chi connectivity index (χ2n) is 3.57. The van der Waals surface area contributed by atoms with Crippen molar-refractivity contribution in [3.8, 4) is 0 Å². The Morgan fingerprint density at radius 3 is 2.94 bits per heavy atom. The van der Waals surface area contributed by atoms with Crippen LogP contribution in [0.15, 0.2) is 22.7 Å². The zero-order valence-corrected chi connectivity index (χ0v) is 11.1. The van der Waals surface area contributed by atoms with Crippen LogP contribution in [0.3, 0.4) is 0 Å². The lowest BCUT2D eigenvalue weighted by atomic mass is 10.2. The molecule has 0 aliphatic heterocycles. The van der Waals surface area contributed by atoms with Crippen molar-refractivity contribution < 1.29 is 9.18 Å². The van der Waals surface area contributed by atoms with Crippen LogP contribution in [0.4, 0.5) is 4.39 Å². The van der Waals surface area contributed by atoms with E-state index in [1.165, 1.54) is 6.07 Å². The Kier molecular flexibility index (Phi) is 5.22. The molecule has 0 saturated carbocycles. The molecule has 88 valence electrons. The number of hydrogen-bond acceptors (Lipinski definition) is 1. The van der Waals surface area contributed by atoms with Gasteiger partial charge >= 0.3 is 0 Å². The number of carbonyl (C=O) groups is 1. The molecule has 16 heavy (non-hydrogen) atoms. The summed E-state index contributed by atoms with van der Waals surface area (Å²) in [6.45, 7) is 2.35. The maximum atomic E-state index is 13.5. The number of halogens is 3. The first-order chi connectivity index (χ1) is 7.56. The van der Waals surface area contributed by atoms with Crippen LogP contribution in [-0.2, 0) is 0 Å². The molecule has 1 rings (SSSR count). The minimum absolute atomic E-state index is 0.0381. The number of benzene rings is 1. The predicted octanol–water partition coefficient (Wildman–Crippen LogP) is 3.19. The van der Waals surface area contributed by atoms with Gasteiger partial charge in [-0.1, -0.05) is 13.0 Å². The van der Waals surface area contributed by atoms with Crippen LogP contribution in [0.5, 0.6) is 0 Å². The van der Waals surface area contributed by atoms with Gasteiger partial charge < -0.3 is 5.32 Å². The third kappa shape index (κ3) is 3.46. The summed E-state index contributed by atoms with van der Waals surface area (Å²) in [6, 6.07) is 4.61. The first-order valence-corrected chi connectivity index (χ1v) is 6.17. The third-order valence-corrected chi connectivity index (χ3v) is 3.21. The van der Waals surface area contributed by atoms with Gasteiger partial charge in [0.25, 0.3) is 5.91 Å². The van der Waals surface area contributed by atoms with E-state index in [4.69, 9.17) is 11.6 Å². The van der Waals surface area contributed by atoms with E-state index in [1.54, 1.807) is 12.1 Å². The smallest absolute Gasteiger partial charge is 0.254 e. The molecule has 2 nitrogen and oxygen atoms in total. The molecule has 0 heterocycles. The van der Waals surface area contributed by atoms with E-state index in [9.17, 15) is 9.18 Å². The van der Waals surface area contributed by atoms with Gasteiger partial charge in [0.15, 0.2) is 0 Å². The SMILES string of the molecule is CC(CCl)CNC(=O)c1cccc(Br)c1F. The highest BCUT2D eigenvalue weighted by Gasteiger charge is 2.13. The van der Waals surface area contributed by atoms with Gasteiger partial charge in [-0.3, -0.25) is 4.79 Å². The summed E-state index contributed by atoms with van der Waals surface area (Å²) < 4.78 is 13.8. The lowest BCUT2D eigenvalue weighted by molar-refractivity contribution is 0.0945. The van der Waals surface area contributed by atoms with E-state index in [0.717, 1.165) is 0 Å². The molecule has 0 radical (unpaired) electrons. The average molecular weight is 309 g/mol. The fourth-order valence-electron chi connectivity index (χ4n) is 1.10. The highest BCUT2D eigenvalue weighted by Crippen LogP contribution is 2.18. The summed E-state index contributed by atoms with van der Waals surface area (Å²) in [5.74, 6) is -0.337. The highest BCUT2D eigenvalue weighted by atomic mass is 79.9. The number of carbonyl (C=O) groups excluding carboxylic acids is 1. The van der Waals surface area contributed by atoms with Crippen molar-refractivity contribution in [2.75, 3.05) is 12.4 Å². The fourth-order valence-corrected chi connectivity index (χ4v) is 1.57. The zero-order chi connectivity index (χ0) is 12.1. The average Bonchev–Trinajstić information content (AvgIpc) is 2.29. The van der Waals surface area contributed by atoms with Crippen LogP contribution in [0.25, 0.3) is 0 Å². The summed E-state index contributed by atoms with van der Waals surface area (Å²) in [6.07, 6.45) is 0. The maximum Gasteiger partial charge on any atom is 0.254 e. The van der Waals surface area contributed by atoms with Gasteiger partial charge in [-0.05, 0) is 34.0 Å². The summed E-state index contributed by atoms with van der Waals surface area (Å²) in [5.41, 5.74) is 0.0381. The summed E-state index contributed by atoms with van der Waals surface area (Å²) >= 11 is 8.64. The maximum absolute atomic E-state index is 13.5. The molecule has 1 aromatic carbocycles. The number of alkyl halides is 1. The number of nitrogens with one attached hydrogen (secondary N) is 1. The molecular formula is C11H12BrClFNO. The Morgan fingerprint density at radius 1 is 1.62 bits per heavy atom. The molecule has 1 unspecified atom stereocenters. The predicted molar refractivity (Wildman–Crippen MR) is 66.3 cm³/mol. The Morgan fingerprint density at radius 2 is 2.31 bits per heavy atom. The van der Waals surface area contributed by atoms with Crippen LogP contribution >= 0.6 is 27.5 Å². The van der Waals surface area contributed by atoms with E-state index in [1.807, 2.05) is 6.92 Å². The molecule has 1 N–H and O–H groups in total. The molecular weight excluding hydrogens is 296 g/mol. The first-order valence-electron chi connectivity index (χ1n) is 4.84. The van der Waals surface area contributed by atoms with Crippen molar-refractivity contribution >= 4 is 33.4 Å². The van der Waals surface area contributed by atoms with Crippen molar-refractivity contribution in [3.63, 3.8) is 0 Å². The van der Waals surface area contributed by atoms with Gasteiger partial charge in [0.1, 0.15) is 5.82 Å². The van der Waals surface area contributed by atoms with Gasteiger partial charge in [-0.2, -0.15) is 0 Å². The van der Waals surface area contributed by atoms with Crippen molar-refractivity contribution in [2.45, 2.75) is 6.92 Å². The quantitative estimate of drug-likeness (QED) is 0.850. The first kappa shape index (κ1) is 13.5. The van der Waals surface area contributed by atoms with Gasteiger partial charge in [0.05, 0.1) is 10.0 Å². The molecule has 1 amide bonds. The van der Waals surface area contributed by atoms with Crippen LogP contribution in [-0.4, -0.2) is 18.3 Å². The Balaban J connectivity index is 2.70. The van der Waals surface area contributed by atoms with Crippen LogP contribution in [0.2, 0.25) is 0 Å². The van der Waals surface area contributed by atoms with E-state index in [2.05, 4.69) is 21.2 Å². The van der Waals surface area contributed by atoms with Gasteiger partial charge in [0, 0.05) is 12.4 Å². The number of rotatable bonds is 4. The summed E-state index contributed by atoms with van der Waals surface area (Å²) in [4.78, 5) is 11.6. The van der Waals surface area contributed by atoms with Crippen molar-refractivity contribution in [1.29, 1.82) is 0 Å². The van der Waals surface area contributed by atoms with Crippen LogP contribution in [0.1, 0.15) is 17.3 Å². The van der Waals surface area contributed by atoms with E-state index in [-0.39, 0.29) is 16.0 Å². The van der Waals surface area contributed by atoms with Gasteiger partial charge in [-0.25, -0.2) is 4.39 Å². The molecule has 5 heteroatoms. The Bertz CT molecular complexity index is 386. The number of amides is 1. The molecule has 0 bridgehead atoms. The standard InChI is InChI=1S/C11H12BrClFNO/c1-7(5-13)6-15-11(16)8-3-2-4-9(12)10(8)14/h2-4,7H,5-6H2,1H3,(H,15,16). The lowest BCUT2D eigenvalue weighted by Crippen LogP contribution is -2.29. The second kappa shape index (κ2) is 6.21. The minimum Gasteiger partial charge on any atom is -0.352 e. The van der Waals surface area contributed by atoms with Crippen molar-refractivity contribution in [2.24, 2.45) is 5.92 Å². The Labute approximate surface area is 107 Å². The molecule has 0 aliphatic carbocycles. The second-order valence-corrected chi connectivity index (χ2v) is 4.73. The molecule has 0 aliphatic rings. The molecule has 0 aromatic heterocycles. The van der Waals surface area contributed by atoms with Crippen molar-refractivity contribution in [1.82, 2.24) is 5.32 Å². The van der Waals surface area contributed by atoms with E-state index >= 15 is 0 Å². The molecule has 1 aromatic rings. The minimum atomic E-state index is -0.543. The van der Waals surface area contributed by atoms with Crippen molar-refractivity contribution in [3.05, 3.63) is 34.1 Å². The van der Waals surface area contributed by atoms with Gasteiger partial charge in [0.2, 0.25) is 0 Å². The topological polar surface area (TPSA) is 29.1 Å². The number of hydrogen-bond donors (Lipinski definition) is 1. The van der Waals surface area contributed by atoms with Crippen LogP contribution < -0.4 is 5.32 Å². The third-order valence-electron chi connectivity index (χ3n) is 2.07. The summed E-state index contributed by atoms with van der Waals surface area (Å²) in [5, 5.41) is 2.63. The zero-order valence-electron chi connectivity index (χ0n) is 8.77. The molecule has 0 fully saturated rings. The van der Waals surface area contributed by atoms with Crippen LogP contribution in [0, 0.1) is 11.7 Å². The molecule has 1 atom stereocenters. The Hall–Kier alpha value is -0.610. The normalized spacial score (nSPS) is 12.2. The molecule has 0 spiro atoms. The molecule has 0 saturated heterocycles. The monoisotopic (exact) mass is 307 g/mol. The highest BCUT2D eigenvalue weighted by molar-refractivity contribution is 9.10. The lowest BCUT2D eigenvalue weighted by Gasteiger charge is -2.10.